The molecule has 0 fully saturated rings. The molecule has 0 saturated carbocycles. The largest absolute Gasteiger partial charge is 0.369 e. The van der Waals surface area contributed by atoms with E-state index in [0.29, 0.717) is 10.0 Å². The molecule has 0 heterocycles. The van der Waals surface area contributed by atoms with Crippen molar-refractivity contribution in [1.82, 2.24) is 5.32 Å². The molecule has 0 aliphatic heterocycles. The van der Waals surface area contributed by atoms with Crippen LogP contribution < -0.4 is 11.1 Å². The topological polar surface area (TPSA) is 55.1 Å². The maximum atomic E-state index is 11.0. The lowest BCUT2D eigenvalue weighted by Crippen LogP contribution is -2.38. The van der Waals surface area contributed by atoms with E-state index in [1.807, 2.05) is 12.1 Å². The second-order valence-electron chi connectivity index (χ2n) is 5.57. The summed E-state index contributed by atoms with van der Waals surface area (Å²) in [5.74, 6) is -0.0488. The molecule has 3 nitrogen and oxygen atoms in total. The van der Waals surface area contributed by atoms with Crippen molar-refractivity contribution in [3.05, 3.63) is 33.8 Å². The number of nitrogens with one attached hydrogen (secondary N) is 1. The lowest BCUT2D eigenvalue weighted by molar-refractivity contribution is -0.115. The molecule has 0 aliphatic rings. The van der Waals surface area contributed by atoms with Gasteiger partial charge in [-0.15, -0.1) is 24.2 Å². The summed E-state index contributed by atoms with van der Waals surface area (Å²) in [6.45, 7) is 7.01. The first-order valence-corrected chi connectivity index (χ1v) is 8.09. The molecule has 120 valence electrons. The summed E-state index contributed by atoms with van der Waals surface area (Å²) in [5, 5.41) is 4.57. The van der Waals surface area contributed by atoms with Gasteiger partial charge in [0, 0.05) is 17.3 Å². The number of carbonyl (C=O) groups is 1. The van der Waals surface area contributed by atoms with Crippen molar-refractivity contribution in [2.24, 2.45) is 5.73 Å². The van der Waals surface area contributed by atoms with E-state index in [4.69, 9.17) is 28.9 Å². The second kappa shape index (κ2) is 9.11. The molecule has 3 N–H and O–H groups in total. The molecule has 1 aromatic carbocycles. The Kier molecular flexibility index (Phi) is 9.05. The number of hydrogen-bond acceptors (Lipinski definition) is 3. The van der Waals surface area contributed by atoms with Gasteiger partial charge in [0.2, 0.25) is 5.91 Å². The zero-order chi connectivity index (χ0) is 15.3. The Labute approximate surface area is 146 Å². The van der Waals surface area contributed by atoms with Gasteiger partial charge in [-0.1, -0.05) is 29.3 Å². The van der Waals surface area contributed by atoms with E-state index in [-0.39, 0.29) is 34.9 Å². The number of thioether (sulfide) groups is 1. The highest BCUT2D eigenvalue weighted by Gasteiger charge is 2.18. The second-order valence-corrected chi connectivity index (χ2v) is 7.58. The van der Waals surface area contributed by atoms with Gasteiger partial charge in [0.25, 0.3) is 0 Å². The van der Waals surface area contributed by atoms with Gasteiger partial charge in [-0.25, -0.2) is 0 Å². The van der Waals surface area contributed by atoms with E-state index in [9.17, 15) is 4.79 Å². The van der Waals surface area contributed by atoms with Crippen LogP contribution in [-0.4, -0.2) is 23.7 Å². The van der Waals surface area contributed by atoms with Gasteiger partial charge in [0.05, 0.1) is 15.8 Å². The van der Waals surface area contributed by atoms with Gasteiger partial charge < -0.3 is 11.1 Å². The highest BCUT2D eigenvalue weighted by molar-refractivity contribution is 8.00. The third-order valence-corrected chi connectivity index (χ3v) is 4.59. The summed E-state index contributed by atoms with van der Waals surface area (Å²) in [6, 6.07) is 5.54. The summed E-state index contributed by atoms with van der Waals surface area (Å²) in [6.07, 6.45) is 0. The minimum Gasteiger partial charge on any atom is -0.369 e. The van der Waals surface area contributed by atoms with E-state index in [2.05, 4.69) is 26.1 Å². The van der Waals surface area contributed by atoms with Gasteiger partial charge in [0.1, 0.15) is 0 Å². The fourth-order valence-electron chi connectivity index (χ4n) is 1.57. The minimum absolute atomic E-state index is 0. The zero-order valence-corrected chi connectivity index (χ0v) is 15.4. The Balaban J connectivity index is 0.00000400. The van der Waals surface area contributed by atoms with Crippen LogP contribution in [0.1, 0.15) is 31.6 Å². The van der Waals surface area contributed by atoms with Crippen LogP contribution in [0.25, 0.3) is 0 Å². The van der Waals surface area contributed by atoms with Crippen molar-refractivity contribution in [2.45, 2.75) is 31.6 Å². The van der Waals surface area contributed by atoms with Crippen molar-refractivity contribution in [3.63, 3.8) is 0 Å². The molecule has 1 amide bonds. The van der Waals surface area contributed by atoms with Crippen LogP contribution in [0, 0.1) is 0 Å². The molecular weight excluding hydrogens is 351 g/mol. The number of hydrogen-bond donors (Lipinski definition) is 2. The van der Waals surface area contributed by atoms with Crippen molar-refractivity contribution < 1.29 is 4.79 Å². The average Bonchev–Trinajstić information content (AvgIpc) is 2.31. The van der Waals surface area contributed by atoms with Crippen molar-refractivity contribution in [2.75, 3.05) is 12.3 Å². The Morgan fingerprint density at radius 2 is 1.95 bits per heavy atom. The smallest absolute Gasteiger partial charge is 0.227 e. The number of rotatable bonds is 6. The molecule has 0 bridgehead atoms. The first-order valence-electron chi connectivity index (χ1n) is 6.29. The Hall–Kier alpha value is -0.130. The van der Waals surface area contributed by atoms with Crippen LogP contribution in [0.15, 0.2) is 18.2 Å². The SMILES string of the molecule is CC(C)(C)NCC(SCC(N)=O)c1ccc(Cl)c(Cl)c1.Cl. The standard InChI is InChI=1S/C14H20Cl2N2OS.ClH/c1-14(2,3)18-7-12(20-8-13(17)19)9-4-5-10(15)11(16)6-9;/h4-6,12,18H,7-8H2,1-3H3,(H2,17,19);1H. The van der Waals surface area contributed by atoms with E-state index < -0.39 is 0 Å². The van der Waals surface area contributed by atoms with E-state index in [0.717, 1.165) is 12.1 Å². The summed E-state index contributed by atoms with van der Waals surface area (Å²) in [7, 11) is 0. The highest BCUT2D eigenvalue weighted by Crippen LogP contribution is 2.32. The molecule has 1 rings (SSSR count). The Morgan fingerprint density at radius 1 is 1.33 bits per heavy atom. The third-order valence-electron chi connectivity index (χ3n) is 2.56. The number of benzene rings is 1. The molecule has 7 heteroatoms. The molecular formula is C14H21Cl3N2OS. The van der Waals surface area contributed by atoms with Crippen molar-refractivity contribution in [1.29, 1.82) is 0 Å². The highest BCUT2D eigenvalue weighted by atomic mass is 35.5. The van der Waals surface area contributed by atoms with Crippen LogP contribution in [0.2, 0.25) is 10.0 Å². The number of primary amides is 1. The molecule has 1 unspecified atom stereocenters. The zero-order valence-electron chi connectivity index (χ0n) is 12.3. The van der Waals surface area contributed by atoms with Gasteiger partial charge in [-0.2, -0.15) is 0 Å². The first-order chi connectivity index (χ1) is 9.19. The summed E-state index contributed by atoms with van der Waals surface area (Å²) < 4.78 is 0. The van der Waals surface area contributed by atoms with Crippen molar-refractivity contribution >= 4 is 53.3 Å². The van der Waals surface area contributed by atoms with Gasteiger partial charge >= 0.3 is 0 Å². The minimum atomic E-state index is -0.323. The first kappa shape index (κ1) is 20.9. The molecule has 0 aliphatic carbocycles. The van der Waals surface area contributed by atoms with Gasteiger partial charge in [-0.05, 0) is 38.5 Å². The molecule has 1 aromatic rings. The van der Waals surface area contributed by atoms with E-state index in [1.165, 1.54) is 11.8 Å². The predicted octanol–water partition coefficient (Wildman–Crippen LogP) is 4.06. The van der Waals surface area contributed by atoms with E-state index in [1.54, 1.807) is 6.07 Å². The van der Waals surface area contributed by atoms with Crippen LogP contribution in [0.4, 0.5) is 0 Å². The van der Waals surface area contributed by atoms with Crippen LogP contribution in [0.5, 0.6) is 0 Å². The van der Waals surface area contributed by atoms with Gasteiger partial charge in [-0.3, -0.25) is 4.79 Å². The number of amides is 1. The summed E-state index contributed by atoms with van der Waals surface area (Å²) >= 11 is 13.5. The molecule has 0 spiro atoms. The van der Waals surface area contributed by atoms with Gasteiger partial charge in [0.15, 0.2) is 0 Å². The predicted molar refractivity (Wildman–Crippen MR) is 95.9 cm³/mol. The normalized spacial score (nSPS) is 12.6. The van der Waals surface area contributed by atoms with Crippen LogP contribution >= 0.6 is 47.4 Å². The molecule has 0 aromatic heterocycles. The fraction of sp³-hybridized carbons (Fsp3) is 0.500. The quantitative estimate of drug-likeness (QED) is 0.792. The lowest BCUT2D eigenvalue weighted by Gasteiger charge is -2.25. The maximum absolute atomic E-state index is 11.0. The van der Waals surface area contributed by atoms with Crippen LogP contribution in [-0.2, 0) is 4.79 Å². The monoisotopic (exact) mass is 370 g/mol. The average molecular weight is 372 g/mol. The molecule has 1 atom stereocenters. The summed E-state index contributed by atoms with van der Waals surface area (Å²) in [5.41, 5.74) is 6.26. The molecule has 0 saturated heterocycles. The summed E-state index contributed by atoms with van der Waals surface area (Å²) in [4.78, 5) is 11.0. The molecule has 21 heavy (non-hydrogen) atoms. The van der Waals surface area contributed by atoms with E-state index >= 15 is 0 Å². The molecule has 0 radical (unpaired) electrons. The third kappa shape index (κ3) is 8.17. The lowest BCUT2D eigenvalue weighted by atomic mass is 10.1. The van der Waals surface area contributed by atoms with Crippen LogP contribution in [0.3, 0.4) is 0 Å². The number of carbonyl (C=O) groups excluding carboxylic acids is 1. The fourth-order valence-corrected chi connectivity index (χ4v) is 2.78. The Bertz CT molecular complexity index is 478. The number of nitrogens with two attached hydrogens (primary N) is 1. The number of halogens is 3. The maximum Gasteiger partial charge on any atom is 0.227 e. The Morgan fingerprint density at radius 3 is 2.43 bits per heavy atom. The van der Waals surface area contributed by atoms with Crippen molar-refractivity contribution in [3.8, 4) is 0 Å².